The van der Waals surface area contributed by atoms with Crippen LogP contribution in [0.3, 0.4) is 0 Å². The topological polar surface area (TPSA) is 113 Å². The number of hydrogen-bond donors (Lipinski definition) is 2. The molecule has 1 aromatic carbocycles. The van der Waals surface area contributed by atoms with Gasteiger partial charge in [0.05, 0.1) is 30.6 Å². The van der Waals surface area contributed by atoms with E-state index in [1.54, 1.807) is 18.2 Å². The van der Waals surface area contributed by atoms with Gasteiger partial charge in [0.15, 0.2) is 0 Å². The number of rotatable bonds is 8. The number of fused-ring (bicyclic) bond motifs is 1. The number of carboxylic acid groups (broad SMARTS) is 1. The van der Waals surface area contributed by atoms with Gasteiger partial charge in [-0.15, -0.1) is 0 Å². The highest BCUT2D eigenvalue weighted by molar-refractivity contribution is 7.89. The van der Waals surface area contributed by atoms with E-state index < -0.39 is 16.0 Å². The van der Waals surface area contributed by atoms with Crippen molar-refractivity contribution in [2.45, 2.75) is 32.9 Å². The molecule has 0 unspecified atom stereocenters. The maximum Gasteiger partial charge on any atom is 0.335 e. The average Bonchev–Trinajstić information content (AvgIpc) is 2.58. The Kier molecular flexibility index (Phi) is 6.74. The third-order valence-corrected chi connectivity index (χ3v) is 5.35. The van der Waals surface area contributed by atoms with Gasteiger partial charge < -0.3 is 14.7 Å². The molecule has 2 N–H and O–H groups in total. The summed E-state index contributed by atoms with van der Waals surface area (Å²) in [5.74, 6) is -1.57. The lowest BCUT2D eigenvalue weighted by Crippen LogP contribution is -2.43. The van der Waals surface area contributed by atoms with Crippen LogP contribution < -0.4 is 4.72 Å². The lowest BCUT2D eigenvalue weighted by molar-refractivity contribution is -0.130. The summed E-state index contributed by atoms with van der Waals surface area (Å²) in [6.07, 6.45) is 0.548. The van der Waals surface area contributed by atoms with E-state index in [1.165, 1.54) is 4.90 Å². The monoisotopic (exact) mass is 384 g/mol. The number of nitrogens with one attached hydrogen (secondary N) is 1. The molecule has 9 heteroatoms. The summed E-state index contributed by atoms with van der Waals surface area (Å²) in [5, 5.41) is 9.07. The summed E-state index contributed by atoms with van der Waals surface area (Å²) in [4.78, 5) is 24.9. The van der Waals surface area contributed by atoms with Crippen molar-refractivity contribution in [2.24, 2.45) is 0 Å². The molecule has 0 fully saturated rings. The summed E-state index contributed by atoms with van der Waals surface area (Å²) in [5.41, 5.74) is 1.95. The first kappa shape index (κ1) is 20.3. The van der Waals surface area contributed by atoms with Crippen LogP contribution in [0.5, 0.6) is 0 Å². The number of carbonyl (C=O) groups excluding carboxylic acids is 1. The minimum Gasteiger partial charge on any atom is -0.478 e. The Balaban J connectivity index is 1.91. The largest absolute Gasteiger partial charge is 0.478 e. The van der Waals surface area contributed by atoms with Crippen molar-refractivity contribution >= 4 is 21.9 Å². The van der Waals surface area contributed by atoms with E-state index in [-0.39, 0.29) is 43.0 Å². The molecule has 0 saturated carbocycles. The number of carboxylic acids is 1. The fraction of sp³-hybridized carbons (Fsp3) is 0.529. The minimum absolute atomic E-state index is 0.0593. The van der Waals surface area contributed by atoms with Crippen molar-refractivity contribution in [2.75, 3.05) is 25.4 Å². The zero-order valence-electron chi connectivity index (χ0n) is 14.9. The van der Waals surface area contributed by atoms with Crippen LogP contribution in [0.4, 0.5) is 0 Å². The van der Waals surface area contributed by atoms with Crippen molar-refractivity contribution in [1.82, 2.24) is 9.62 Å². The molecule has 0 atom stereocenters. The molecular formula is C17H24N2O6S. The Bertz CT molecular complexity index is 775. The molecule has 1 amide bonds. The standard InChI is InChI=1S/C17H24N2O6S/c1-12(2)25-7-8-26(23,24)18-10-16(20)19-6-5-13-3-4-14(17(21)22)9-15(13)11-19/h3-4,9,12,18H,5-8,10-11H2,1-2H3,(H,21,22). The number of hydrogen-bond acceptors (Lipinski definition) is 5. The Morgan fingerprint density at radius 1 is 1.31 bits per heavy atom. The smallest absolute Gasteiger partial charge is 0.335 e. The molecule has 0 saturated heterocycles. The Hall–Kier alpha value is -1.97. The predicted octanol–water partition coefficient (Wildman–Crippen LogP) is 0.614. The van der Waals surface area contributed by atoms with Gasteiger partial charge in [0.2, 0.25) is 15.9 Å². The van der Waals surface area contributed by atoms with Gasteiger partial charge in [-0.2, -0.15) is 0 Å². The summed E-state index contributed by atoms with van der Waals surface area (Å²) in [6, 6.07) is 4.87. The fourth-order valence-electron chi connectivity index (χ4n) is 2.65. The first-order chi connectivity index (χ1) is 12.2. The van der Waals surface area contributed by atoms with Gasteiger partial charge in [0, 0.05) is 13.1 Å². The molecule has 0 bridgehead atoms. The second-order valence-electron chi connectivity index (χ2n) is 6.41. The van der Waals surface area contributed by atoms with E-state index in [0.29, 0.717) is 13.0 Å². The third-order valence-electron chi connectivity index (χ3n) is 4.06. The Morgan fingerprint density at radius 2 is 2.04 bits per heavy atom. The molecule has 1 aromatic rings. The highest BCUT2D eigenvalue weighted by Crippen LogP contribution is 2.20. The Labute approximate surface area is 153 Å². The molecule has 0 aliphatic carbocycles. The summed E-state index contributed by atoms with van der Waals surface area (Å²) >= 11 is 0. The summed E-state index contributed by atoms with van der Waals surface area (Å²) < 4.78 is 31.3. The van der Waals surface area contributed by atoms with Gasteiger partial charge in [-0.3, -0.25) is 4.79 Å². The van der Waals surface area contributed by atoms with Crippen LogP contribution in [-0.2, 0) is 32.5 Å². The van der Waals surface area contributed by atoms with Crippen LogP contribution in [0, 0.1) is 0 Å². The van der Waals surface area contributed by atoms with Gasteiger partial charge >= 0.3 is 5.97 Å². The van der Waals surface area contributed by atoms with E-state index in [1.807, 2.05) is 13.8 Å². The van der Waals surface area contributed by atoms with Gasteiger partial charge in [-0.25, -0.2) is 17.9 Å². The van der Waals surface area contributed by atoms with Gasteiger partial charge in [0.25, 0.3) is 0 Å². The molecule has 0 spiro atoms. The minimum atomic E-state index is -3.59. The number of benzene rings is 1. The second kappa shape index (κ2) is 8.61. The van der Waals surface area contributed by atoms with Crippen LogP contribution >= 0.6 is 0 Å². The van der Waals surface area contributed by atoms with Crippen LogP contribution in [0.1, 0.15) is 35.3 Å². The van der Waals surface area contributed by atoms with E-state index >= 15 is 0 Å². The third kappa shape index (κ3) is 5.79. The van der Waals surface area contributed by atoms with Crippen LogP contribution in [-0.4, -0.2) is 61.9 Å². The first-order valence-corrected chi connectivity index (χ1v) is 10.0. The number of amides is 1. The highest BCUT2D eigenvalue weighted by Gasteiger charge is 2.23. The average molecular weight is 384 g/mol. The SMILES string of the molecule is CC(C)OCCS(=O)(=O)NCC(=O)N1CCc2ccc(C(=O)O)cc2C1. The molecule has 1 aliphatic rings. The molecule has 26 heavy (non-hydrogen) atoms. The molecule has 0 aromatic heterocycles. The maximum atomic E-state index is 12.3. The molecule has 0 radical (unpaired) electrons. The van der Waals surface area contributed by atoms with Gasteiger partial charge in [0.1, 0.15) is 0 Å². The van der Waals surface area contributed by atoms with Crippen LogP contribution in [0.2, 0.25) is 0 Å². The number of carbonyl (C=O) groups is 2. The van der Waals surface area contributed by atoms with Gasteiger partial charge in [-0.05, 0) is 43.5 Å². The van der Waals surface area contributed by atoms with Crippen molar-refractivity contribution < 1.29 is 27.9 Å². The van der Waals surface area contributed by atoms with Crippen molar-refractivity contribution in [3.63, 3.8) is 0 Å². The molecule has 1 aliphatic heterocycles. The lowest BCUT2D eigenvalue weighted by atomic mass is 9.97. The molecule has 8 nitrogen and oxygen atoms in total. The molecule has 1 heterocycles. The quantitative estimate of drug-likeness (QED) is 0.679. The number of nitrogens with zero attached hydrogens (tertiary/aromatic N) is 1. The number of aromatic carboxylic acids is 1. The zero-order valence-corrected chi connectivity index (χ0v) is 15.7. The molecule has 144 valence electrons. The van der Waals surface area contributed by atoms with Crippen molar-refractivity contribution in [3.05, 3.63) is 34.9 Å². The number of ether oxygens (including phenoxy) is 1. The summed E-state index contributed by atoms with van der Waals surface area (Å²) in [7, 11) is -3.59. The normalized spacial score (nSPS) is 14.3. The zero-order chi connectivity index (χ0) is 19.3. The van der Waals surface area contributed by atoms with Crippen LogP contribution in [0.25, 0.3) is 0 Å². The number of sulfonamides is 1. The second-order valence-corrected chi connectivity index (χ2v) is 8.34. The molecular weight excluding hydrogens is 360 g/mol. The fourth-order valence-corrected chi connectivity index (χ4v) is 3.46. The van der Waals surface area contributed by atoms with E-state index in [0.717, 1.165) is 11.1 Å². The van der Waals surface area contributed by atoms with Crippen molar-refractivity contribution in [3.8, 4) is 0 Å². The Morgan fingerprint density at radius 3 is 2.69 bits per heavy atom. The van der Waals surface area contributed by atoms with Gasteiger partial charge in [-0.1, -0.05) is 6.07 Å². The predicted molar refractivity (Wildman–Crippen MR) is 95.4 cm³/mol. The summed E-state index contributed by atoms with van der Waals surface area (Å²) in [6.45, 7) is 4.11. The maximum absolute atomic E-state index is 12.3. The molecule has 2 rings (SSSR count). The van der Waals surface area contributed by atoms with Crippen LogP contribution in [0.15, 0.2) is 18.2 Å². The van der Waals surface area contributed by atoms with E-state index in [4.69, 9.17) is 9.84 Å². The lowest BCUT2D eigenvalue weighted by Gasteiger charge is -2.29. The van der Waals surface area contributed by atoms with E-state index in [2.05, 4.69) is 4.72 Å². The van der Waals surface area contributed by atoms with Crippen molar-refractivity contribution in [1.29, 1.82) is 0 Å². The van der Waals surface area contributed by atoms with E-state index in [9.17, 15) is 18.0 Å². The first-order valence-electron chi connectivity index (χ1n) is 8.40. The highest BCUT2D eigenvalue weighted by atomic mass is 32.2.